The first-order valence-electron chi connectivity index (χ1n) is 10.1. The third kappa shape index (κ3) is 3.60. The quantitative estimate of drug-likeness (QED) is 0.664. The minimum atomic E-state index is 0.171. The lowest BCUT2D eigenvalue weighted by Gasteiger charge is -2.28. The summed E-state index contributed by atoms with van der Waals surface area (Å²) in [6.07, 6.45) is 5.85. The number of likely N-dealkylation sites (N-methyl/N-ethyl adjacent to an activating group) is 1. The Morgan fingerprint density at radius 3 is 2.44 bits per heavy atom. The maximum absolute atomic E-state index is 3.79. The third-order valence-electron chi connectivity index (χ3n) is 6.44. The fraction of sp³-hybridized carbons (Fsp3) is 0.417. The molecule has 27 heavy (non-hydrogen) atoms. The van der Waals surface area contributed by atoms with Gasteiger partial charge in [-0.3, -0.25) is 4.90 Å². The Balaban J connectivity index is 1.90. The Morgan fingerprint density at radius 2 is 1.81 bits per heavy atom. The molecular weight excluding hydrogens is 396 g/mol. The Morgan fingerprint density at radius 1 is 1.11 bits per heavy atom. The number of nitrogens with zero attached hydrogens (tertiary/aromatic N) is 1. The van der Waals surface area contributed by atoms with Crippen molar-refractivity contribution >= 4 is 33.4 Å². The molecule has 2 aromatic rings. The van der Waals surface area contributed by atoms with Crippen molar-refractivity contribution in [2.45, 2.75) is 45.6 Å². The molecule has 3 unspecified atom stereocenters. The van der Waals surface area contributed by atoms with E-state index in [0.717, 1.165) is 24.0 Å². The number of nitrogens with one attached hydrogen (secondary N) is 1. The normalized spacial score (nSPS) is 24.4. The number of anilines is 1. The van der Waals surface area contributed by atoms with Gasteiger partial charge in [0.15, 0.2) is 0 Å². The molecule has 144 valence electrons. The third-order valence-corrected chi connectivity index (χ3v) is 7.12. The molecule has 3 rings (SSSR count). The number of quaternary nitrogens is 1. The molecule has 3 heteroatoms. The highest BCUT2D eigenvalue weighted by Crippen LogP contribution is 2.39. The topological polar surface area (TPSA) is 7.68 Å². The summed E-state index contributed by atoms with van der Waals surface area (Å²) in [5.41, 5.74) is 5.62. The minimum Gasteiger partial charge on any atom is -0.372 e. The van der Waals surface area contributed by atoms with E-state index in [2.05, 4.69) is 110 Å². The fourth-order valence-electron chi connectivity index (χ4n) is 4.54. The molecule has 1 N–H and O–H groups in total. The second-order valence-corrected chi connectivity index (χ2v) is 8.57. The molecule has 1 heterocycles. The summed E-state index contributed by atoms with van der Waals surface area (Å²) < 4.78 is 1.16. The van der Waals surface area contributed by atoms with Gasteiger partial charge in [-0.05, 0) is 57.0 Å². The van der Waals surface area contributed by atoms with Gasteiger partial charge in [-0.25, -0.2) is 0 Å². The highest BCUT2D eigenvalue weighted by atomic mass is 79.9. The van der Waals surface area contributed by atoms with E-state index in [-0.39, 0.29) is 5.41 Å². The van der Waals surface area contributed by atoms with Crippen LogP contribution in [0.1, 0.15) is 45.2 Å². The lowest BCUT2D eigenvalue weighted by Crippen LogP contribution is -3.07. The Labute approximate surface area is 173 Å². The summed E-state index contributed by atoms with van der Waals surface area (Å²) in [6, 6.07) is 16.1. The summed E-state index contributed by atoms with van der Waals surface area (Å²) in [4.78, 5) is 3.86. The largest absolute Gasteiger partial charge is 0.372 e. The van der Waals surface area contributed by atoms with E-state index < -0.39 is 0 Å². The van der Waals surface area contributed by atoms with Crippen molar-refractivity contribution < 1.29 is 4.90 Å². The van der Waals surface area contributed by atoms with Crippen LogP contribution < -0.4 is 9.80 Å². The van der Waals surface area contributed by atoms with E-state index in [4.69, 9.17) is 0 Å². The van der Waals surface area contributed by atoms with Gasteiger partial charge in [-0.1, -0.05) is 53.2 Å². The second kappa shape index (κ2) is 8.20. The van der Waals surface area contributed by atoms with E-state index in [0.29, 0.717) is 6.04 Å². The summed E-state index contributed by atoms with van der Waals surface area (Å²) in [5.74, 6) is 0. The van der Waals surface area contributed by atoms with Crippen molar-refractivity contribution in [3.63, 3.8) is 0 Å². The highest BCUT2D eigenvalue weighted by Gasteiger charge is 2.48. The zero-order valence-electron chi connectivity index (χ0n) is 17.2. The number of benzene rings is 2. The lowest BCUT2D eigenvalue weighted by atomic mass is 9.76. The number of rotatable bonds is 6. The maximum Gasteiger partial charge on any atom is 0.135 e. The SMILES string of the molecule is CCN(CC)c1ccc(/C=C/C2[NH+](C)c3ccccc3C2(C)CC)c(Br)c1. The van der Waals surface area contributed by atoms with Crippen LogP contribution in [0.25, 0.3) is 6.08 Å². The molecule has 0 spiro atoms. The fourth-order valence-corrected chi connectivity index (χ4v) is 5.04. The number of hydrogen-bond donors (Lipinski definition) is 1. The van der Waals surface area contributed by atoms with Crippen LogP contribution in [0.2, 0.25) is 0 Å². The average molecular weight is 428 g/mol. The van der Waals surface area contributed by atoms with Gasteiger partial charge >= 0.3 is 0 Å². The van der Waals surface area contributed by atoms with Crippen molar-refractivity contribution in [1.82, 2.24) is 0 Å². The van der Waals surface area contributed by atoms with Gasteiger partial charge in [-0.15, -0.1) is 0 Å². The Hall–Kier alpha value is -1.58. The molecule has 0 amide bonds. The van der Waals surface area contributed by atoms with Crippen molar-refractivity contribution in [2.24, 2.45) is 0 Å². The Bertz CT molecular complexity index is 825. The van der Waals surface area contributed by atoms with Gasteiger partial charge in [-0.2, -0.15) is 0 Å². The molecular formula is C24H32BrN2+. The highest BCUT2D eigenvalue weighted by molar-refractivity contribution is 9.10. The molecule has 0 bridgehead atoms. The molecule has 0 fully saturated rings. The van der Waals surface area contributed by atoms with Gasteiger partial charge in [0.1, 0.15) is 11.7 Å². The second-order valence-electron chi connectivity index (χ2n) is 7.71. The number of fused-ring (bicyclic) bond motifs is 1. The monoisotopic (exact) mass is 427 g/mol. The van der Waals surface area contributed by atoms with Crippen molar-refractivity contribution in [2.75, 3.05) is 25.0 Å². The maximum atomic E-state index is 3.79. The van der Waals surface area contributed by atoms with Crippen molar-refractivity contribution in [3.8, 4) is 0 Å². The standard InChI is InChI=1S/C24H31BrN2/c1-6-24(4)20-11-9-10-12-22(20)26(5)23(24)16-14-18-13-15-19(17-21(18)25)27(7-2)8-3/h9-17,23H,6-8H2,1-5H3/p+1/b16-14+. The van der Waals surface area contributed by atoms with E-state index in [9.17, 15) is 0 Å². The predicted molar refractivity (Wildman–Crippen MR) is 121 cm³/mol. The van der Waals surface area contributed by atoms with E-state index in [1.807, 2.05) is 0 Å². The summed E-state index contributed by atoms with van der Waals surface area (Å²) in [5, 5.41) is 0. The van der Waals surface area contributed by atoms with Crippen LogP contribution in [-0.4, -0.2) is 26.2 Å². The van der Waals surface area contributed by atoms with Gasteiger partial charge in [0.25, 0.3) is 0 Å². The first kappa shape index (κ1) is 20.2. The summed E-state index contributed by atoms with van der Waals surface area (Å²) in [7, 11) is 2.30. The summed E-state index contributed by atoms with van der Waals surface area (Å²) in [6.45, 7) is 11.2. The molecule has 0 saturated heterocycles. The van der Waals surface area contributed by atoms with Crippen LogP contribution in [0.4, 0.5) is 11.4 Å². The van der Waals surface area contributed by atoms with Gasteiger partial charge in [0.2, 0.25) is 0 Å². The zero-order valence-corrected chi connectivity index (χ0v) is 18.8. The van der Waals surface area contributed by atoms with Crippen LogP contribution in [-0.2, 0) is 5.41 Å². The molecule has 2 nitrogen and oxygen atoms in total. The number of halogens is 1. The number of para-hydroxylation sites is 1. The predicted octanol–water partition coefficient (Wildman–Crippen LogP) is 5.20. The van der Waals surface area contributed by atoms with Crippen LogP contribution in [0.3, 0.4) is 0 Å². The van der Waals surface area contributed by atoms with Gasteiger partial charge < -0.3 is 4.90 Å². The summed E-state index contributed by atoms with van der Waals surface area (Å²) >= 11 is 3.79. The van der Waals surface area contributed by atoms with E-state index in [1.54, 1.807) is 0 Å². The molecule has 1 aliphatic rings. The molecule has 1 aliphatic heterocycles. The smallest absolute Gasteiger partial charge is 0.135 e. The van der Waals surface area contributed by atoms with Crippen LogP contribution >= 0.6 is 15.9 Å². The van der Waals surface area contributed by atoms with Crippen LogP contribution in [0.5, 0.6) is 0 Å². The van der Waals surface area contributed by atoms with Crippen molar-refractivity contribution in [3.05, 3.63) is 64.1 Å². The lowest BCUT2D eigenvalue weighted by molar-refractivity contribution is -0.828. The number of hydrogen-bond acceptors (Lipinski definition) is 1. The molecule has 3 atom stereocenters. The van der Waals surface area contributed by atoms with Crippen LogP contribution in [0, 0.1) is 0 Å². The molecule has 0 aromatic heterocycles. The van der Waals surface area contributed by atoms with Crippen LogP contribution in [0.15, 0.2) is 53.0 Å². The van der Waals surface area contributed by atoms with Gasteiger partial charge in [0, 0.05) is 28.8 Å². The molecule has 2 aromatic carbocycles. The first-order valence-corrected chi connectivity index (χ1v) is 10.9. The first-order chi connectivity index (χ1) is 13.0. The average Bonchev–Trinajstić information content (AvgIpc) is 2.90. The Kier molecular flexibility index (Phi) is 6.12. The zero-order chi connectivity index (χ0) is 19.6. The molecule has 0 radical (unpaired) electrons. The molecule has 0 aliphatic carbocycles. The van der Waals surface area contributed by atoms with E-state index >= 15 is 0 Å². The van der Waals surface area contributed by atoms with E-state index in [1.165, 1.54) is 27.4 Å². The van der Waals surface area contributed by atoms with Crippen molar-refractivity contribution in [1.29, 1.82) is 0 Å². The molecule has 0 saturated carbocycles. The van der Waals surface area contributed by atoms with Gasteiger partial charge in [0.05, 0.1) is 12.5 Å². The minimum absolute atomic E-state index is 0.171.